The fourth-order valence-electron chi connectivity index (χ4n) is 3.92. The number of alkyl halides is 3. The average Bonchev–Trinajstić information content (AvgIpc) is 3.34. The molecule has 2 fully saturated rings. The molecule has 27 heavy (non-hydrogen) atoms. The number of aromatic nitrogens is 2. The summed E-state index contributed by atoms with van der Waals surface area (Å²) >= 11 is 0. The van der Waals surface area contributed by atoms with Crippen molar-refractivity contribution in [1.82, 2.24) is 19.8 Å². The Kier molecular flexibility index (Phi) is 5.40. The van der Waals surface area contributed by atoms with E-state index in [4.69, 9.17) is 4.74 Å². The second kappa shape index (κ2) is 7.31. The monoisotopic (exact) mass is 389 g/mol. The maximum absolute atomic E-state index is 13.6. The molecule has 0 aliphatic carbocycles. The van der Waals surface area contributed by atoms with Crippen LogP contribution < -0.4 is 5.32 Å². The molecular weight excluding hydrogens is 363 g/mol. The highest BCUT2D eigenvalue weighted by atomic mass is 19.4. The molecule has 1 spiro atoms. The Balaban J connectivity index is 1.63. The van der Waals surface area contributed by atoms with Crippen LogP contribution in [0, 0.1) is 5.41 Å². The Hall–Kier alpha value is -1.81. The van der Waals surface area contributed by atoms with E-state index in [2.05, 4.69) is 15.3 Å². The van der Waals surface area contributed by atoms with Crippen LogP contribution in [0.25, 0.3) is 0 Å². The molecule has 2 unspecified atom stereocenters. The number of ether oxygens (including phenoxy) is 1. The molecule has 7 nitrogen and oxygen atoms in total. The fraction of sp³-hybridized carbons (Fsp3) is 0.765. The highest BCUT2D eigenvalue weighted by molar-refractivity contribution is 5.80. The predicted molar refractivity (Wildman–Crippen MR) is 93.2 cm³/mol. The number of imidazole rings is 1. The summed E-state index contributed by atoms with van der Waals surface area (Å²) < 4.78 is 47.4. The van der Waals surface area contributed by atoms with Gasteiger partial charge in [0.25, 0.3) is 0 Å². The topological polar surface area (TPSA) is 74.9 Å². The minimum Gasteiger partial charge on any atom is -0.381 e. The number of rotatable bonds is 4. The van der Waals surface area contributed by atoms with Gasteiger partial charge in [0, 0.05) is 64.6 Å². The standard InChI is InChI=1S/C17H26F3N5O2/c1-21-14(25-8-4-15(11-25)5-10-27-12-15)23-6-3-16(26,17(18,19)20)13-22-7-9-24(13)2/h7,9,26H,3-6,8,10-12H2,1-2H3,(H,21,23). The van der Waals surface area contributed by atoms with Crippen molar-refractivity contribution in [3.63, 3.8) is 0 Å². The molecule has 0 bridgehead atoms. The van der Waals surface area contributed by atoms with Crippen LogP contribution in [0.15, 0.2) is 17.4 Å². The summed E-state index contributed by atoms with van der Waals surface area (Å²) in [6, 6.07) is 0. The predicted octanol–water partition coefficient (Wildman–Crippen LogP) is 1.25. The van der Waals surface area contributed by atoms with Crippen molar-refractivity contribution in [2.45, 2.75) is 31.0 Å². The molecule has 10 heteroatoms. The summed E-state index contributed by atoms with van der Waals surface area (Å²) in [4.78, 5) is 9.95. The third kappa shape index (κ3) is 3.77. The van der Waals surface area contributed by atoms with E-state index in [1.807, 2.05) is 4.90 Å². The third-order valence-electron chi connectivity index (χ3n) is 5.56. The zero-order valence-electron chi connectivity index (χ0n) is 15.6. The SMILES string of the molecule is CN=C(NCCC(O)(c1nccn1C)C(F)(F)F)N1CCC2(CCOC2)C1. The molecule has 0 saturated carbocycles. The van der Waals surface area contributed by atoms with Crippen LogP contribution in [0.2, 0.25) is 0 Å². The van der Waals surface area contributed by atoms with Gasteiger partial charge in [-0.3, -0.25) is 4.99 Å². The number of aliphatic imine (C=N–C) groups is 1. The molecule has 3 rings (SSSR count). The number of nitrogens with one attached hydrogen (secondary N) is 1. The lowest BCUT2D eigenvalue weighted by atomic mass is 9.87. The minimum absolute atomic E-state index is 0.0878. The minimum atomic E-state index is -4.84. The first-order valence-corrected chi connectivity index (χ1v) is 9.01. The van der Waals surface area contributed by atoms with Crippen molar-refractivity contribution >= 4 is 5.96 Å². The Morgan fingerprint density at radius 3 is 2.78 bits per heavy atom. The number of aryl methyl sites for hydroxylation is 1. The number of hydrogen-bond donors (Lipinski definition) is 2. The normalized spacial score (nSPS) is 26.0. The van der Waals surface area contributed by atoms with E-state index in [0.717, 1.165) is 32.5 Å². The zero-order valence-corrected chi connectivity index (χ0v) is 15.6. The summed E-state index contributed by atoms with van der Waals surface area (Å²) in [7, 11) is 3.03. The molecule has 0 radical (unpaired) electrons. The van der Waals surface area contributed by atoms with E-state index in [0.29, 0.717) is 12.6 Å². The number of aliphatic hydroxyl groups is 1. The van der Waals surface area contributed by atoms with E-state index >= 15 is 0 Å². The molecule has 2 atom stereocenters. The third-order valence-corrected chi connectivity index (χ3v) is 5.56. The number of halogens is 3. The van der Waals surface area contributed by atoms with Gasteiger partial charge >= 0.3 is 6.18 Å². The summed E-state index contributed by atoms with van der Waals surface area (Å²) in [5.74, 6) is 0.123. The van der Waals surface area contributed by atoms with Crippen molar-refractivity contribution in [3.8, 4) is 0 Å². The van der Waals surface area contributed by atoms with E-state index in [9.17, 15) is 18.3 Å². The van der Waals surface area contributed by atoms with Gasteiger partial charge in [0.1, 0.15) is 5.82 Å². The van der Waals surface area contributed by atoms with Gasteiger partial charge in [0.15, 0.2) is 5.96 Å². The van der Waals surface area contributed by atoms with E-state index in [1.165, 1.54) is 24.0 Å². The van der Waals surface area contributed by atoms with Crippen LogP contribution >= 0.6 is 0 Å². The summed E-state index contributed by atoms with van der Waals surface area (Å²) in [5.41, 5.74) is -2.90. The quantitative estimate of drug-likeness (QED) is 0.599. The van der Waals surface area contributed by atoms with Crippen LogP contribution in [-0.4, -0.2) is 71.6 Å². The smallest absolute Gasteiger partial charge is 0.381 e. The van der Waals surface area contributed by atoms with Crippen LogP contribution in [0.5, 0.6) is 0 Å². The molecule has 0 aromatic carbocycles. The van der Waals surface area contributed by atoms with Gasteiger partial charge in [-0.15, -0.1) is 0 Å². The molecule has 2 N–H and O–H groups in total. The van der Waals surface area contributed by atoms with Crippen molar-refractivity contribution < 1.29 is 23.0 Å². The summed E-state index contributed by atoms with van der Waals surface area (Å²) in [6.07, 6.45) is -0.808. The number of hydrogen-bond acceptors (Lipinski definition) is 4. The van der Waals surface area contributed by atoms with Crippen LogP contribution in [0.3, 0.4) is 0 Å². The lowest BCUT2D eigenvalue weighted by Crippen LogP contribution is -2.48. The molecule has 2 aliphatic heterocycles. The first-order valence-electron chi connectivity index (χ1n) is 9.01. The molecule has 0 amide bonds. The van der Waals surface area contributed by atoms with E-state index in [-0.39, 0.29) is 12.0 Å². The Labute approximate surface area is 156 Å². The molecule has 1 aromatic rings. The number of nitrogens with zero attached hydrogens (tertiary/aromatic N) is 4. The van der Waals surface area contributed by atoms with Gasteiger partial charge in [-0.2, -0.15) is 13.2 Å². The molecule has 1 aromatic heterocycles. The van der Waals surface area contributed by atoms with Crippen molar-refractivity contribution in [3.05, 3.63) is 18.2 Å². The Morgan fingerprint density at radius 1 is 1.44 bits per heavy atom. The second-order valence-corrected chi connectivity index (χ2v) is 7.42. The second-order valence-electron chi connectivity index (χ2n) is 7.42. The molecular formula is C17H26F3N5O2. The maximum Gasteiger partial charge on any atom is 0.424 e. The zero-order chi connectivity index (χ0) is 19.7. The van der Waals surface area contributed by atoms with Gasteiger partial charge in [-0.25, -0.2) is 4.98 Å². The lowest BCUT2D eigenvalue weighted by Gasteiger charge is -2.31. The van der Waals surface area contributed by atoms with Crippen molar-refractivity contribution in [2.24, 2.45) is 17.5 Å². The Bertz CT molecular complexity index is 684. The maximum atomic E-state index is 13.6. The number of likely N-dealkylation sites (tertiary alicyclic amines) is 1. The van der Waals surface area contributed by atoms with Gasteiger partial charge < -0.3 is 24.6 Å². The average molecular weight is 389 g/mol. The van der Waals surface area contributed by atoms with Gasteiger partial charge in [0.05, 0.1) is 6.61 Å². The molecule has 3 heterocycles. The summed E-state index contributed by atoms with van der Waals surface area (Å²) in [6.45, 7) is 2.94. The lowest BCUT2D eigenvalue weighted by molar-refractivity contribution is -0.272. The van der Waals surface area contributed by atoms with Crippen LogP contribution in [-0.2, 0) is 17.4 Å². The highest BCUT2D eigenvalue weighted by Gasteiger charge is 2.57. The molecule has 2 saturated heterocycles. The van der Waals surface area contributed by atoms with E-state index < -0.39 is 24.0 Å². The van der Waals surface area contributed by atoms with E-state index in [1.54, 1.807) is 7.05 Å². The van der Waals surface area contributed by atoms with Crippen LogP contribution in [0.1, 0.15) is 25.1 Å². The van der Waals surface area contributed by atoms with Crippen LogP contribution in [0.4, 0.5) is 13.2 Å². The number of guanidine groups is 1. The first-order chi connectivity index (χ1) is 12.7. The van der Waals surface area contributed by atoms with Crippen molar-refractivity contribution in [1.29, 1.82) is 0 Å². The Morgan fingerprint density at radius 2 is 2.22 bits per heavy atom. The largest absolute Gasteiger partial charge is 0.424 e. The molecule has 2 aliphatic rings. The van der Waals surface area contributed by atoms with Gasteiger partial charge in [-0.05, 0) is 12.8 Å². The first kappa shape index (κ1) is 19.9. The highest BCUT2D eigenvalue weighted by Crippen LogP contribution is 2.41. The molecule has 152 valence electrons. The van der Waals surface area contributed by atoms with Crippen molar-refractivity contribution in [2.75, 3.05) is 39.9 Å². The van der Waals surface area contributed by atoms with Gasteiger partial charge in [-0.1, -0.05) is 0 Å². The summed E-state index contributed by atoms with van der Waals surface area (Å²) in [5, 5.41) is 13.4. The fourth-order valence-corrected chi connectivity index (χ4v) is 3.92. The van der Waals surface area contributed by atoms with Gasteiger partial charge in [0.2, 0.25) is 5.60 Å².